The Morgan fingerprint density at radius 2 is 1.94 bits per heavy atom. The highest BCUT2D eigenvalue weighted by molar-refractivity contribution is 5.80. The van der Waals surface area contributed by atoms with Crippen molar-refractivity contribution in [3.05, 3.63) is 35.9 Å². The van der Waals surface area contributed by atoms with Crippen LogP contribution in [-0.4, -0.2) is 87.0 Å². The largest absolute Gasteiger partial charge is 0.444 e. The van der Waals surface area contributed by atoms with Crippen LogP contribution < -0.4 is 10.6 Å². The molecular weight excluding hydrogens is 406 g/mol. The molecule has 8 heteroatoms. The van der Waals surface area contributed by atoms with Gasteiger partial charge in [-0.25, -0.2) is 4.79 Å². The molecule has 0 aromatic heterocycles. The minimum absolute atomic E-state index is 0.227. The van der Waals surface area contributed by atoms with Crippen LogP contribution >= 0.6 is 0 Å². The van der Waals surface area contributed by atoms with Gasteiger partial charge in [-0.2, -0.15) is 0 Å². The summed E-state index contributed by atoms with van der Waals surface area (Å²) in [5.74, 6) is 1.51. The lowest BCUT2D eigenvalue weighted by Gasteiger charge is -2.29. The minimum atomic E-state index is -0.542. The molecule has 0 radical (unpaired) electrons. The summed E-state index contributed by atoms with van der Waals surface area (Å²) in [6, 6.07) is 9.73. The summed E-state index contributed by atoms with van der Waals surface area (Å²) in [4.78, 5) is 21.8. The van der Waals surface area contributed by atoms with E-state index in [-0.39, 0.29) is 6.04 Å². The summed E-state index contributed by atoms with van der Waals surface area (Å²) in [7, 11) is 1.82. The predicted molar refractivity (Wildman–Crippen MR) is 127 cm³/mol. The zero-order chi connectivity index (χ0) is 23.0. The maximum atomic E-state index is 12.4. The molecule has 0 spiro atoms. The van der Waals surface area contributed by atoms with Crippen molar-refractivity contribution in [1.82, 2.24) is 20.4 Å². The van der Waals surface area contributed by atoms with E-state index in [0.717, 1.165) is 63.9 Å². The number of nitrogens with one attached hydrogen (secondary N) is 2. The van der Waals surface area contributed by atoms with Crippen LogP contribution in [0.15, 0.2) is 35.3 Å². The number of carbonyl (C=O) groups excluding carboxylic acids is 1. The van der Waals surface area contributed by atoms with E-state index < -0.39 is 11.7 Å². The number of hydrogen-bond acceptors (Lipinski definition) is 5. The second kappa shape index (κ2) is 11.5. The lowest BCUT2D eigenvalue weighted by Crippen LogP contribution is -2.45. The highest BCUT2D eigenvalue weighted by atomic mass is 16.6. The fourth-order valence-electron chi connectivity index (χ4n) is 4.24. The smallest absolute Gasteiger partial charge is 0.408 e. The molecule has 0 aliphatic carbocycles. The normalized spacial score (nSPS) is 21.3. The van der Waals surface area contributed by atoms with Crippen molar-refractivity contribution in [2.24, 2.45) is 10.9 Å². The number of ether oxygens (including phenoxy) is 2. The second-order valence-electron chi connectivity index (χ2n) is 9.55. The van der Waals surface area contributed by atoms with Crippen LogP contribution in [0.4, 0.5) is 4.79 Å². The number of carbonyl (C=O) groups is 1. The van der Waals surface area contributed by atoms with Gasteiger partial charge < -0.3 is 25.0 Å². The number of rotatable bonds is 6. The first-order valence-electron chi connectivity index (χ1n) is 11.6. The third kappa shape index (κ3) is 7.67. The maximum Gasteiger partial charge on any atom is 0.408 e. The first-order chi connectivity index (χ1) is 15.3. The number of likely N-dealkylation sites (tertiary alicyclic amines) is 1. The average Bonchev–Trinajstić information content (AvgIpc) is 3.21. The standard InChI is InChI=1S/C24H39N5O3/c1-24(2,3)32-23(30)27-21(20-8-6-5-7-9-20)16-26-22(25-4)29-11-10-19(18-29)17-28-12-14-31-15-13-28/h5-9,19,21H,10-18H2,1-4H3,(H,25,26)(H,27,30). The molecule has 2 aliphatic heterocycles. The Kier molecular flexibility index (Phi) is 8.75. The Hall–Kier alpha value is -2.32. The number of benzene rings is 1. The van der Waals surface area contributed by atoms with E-state index in [0.29, 0.717) is 12.5 Å². The molecule has 0 saturated carbocycles. The van der Waals surface area contributed by atoms with Crippen molar-refractivity contribution < 1.29 is 14.3 Å². The minimum Gasteiger partial charge on any atom is -0.444 e. The first-order valence-corrected chi connectivity index (χ1v) is 11.6. The predicted octanol–water partition coefficient (Wildman–Crippen LogP) is 2.48. The third-order valence-corrected chi connectivity index (χ3v) is 5.77. The molecule has 2 N–H and O–H groups in total. The van der Waals surface area contributed by atoms with Gasteiger partial charge in [-0.05, 0) is 38.7 Å². The highest BCUT2D eigenvalue weighted by Crippen LogP contribution is 2.19. The van der Waals surface area contributed by atoms with E-state index in [1.165, 1.54) is 0 Å². The molecule has 2 heterocycles. The average molecular weight is 446 g/mol. The van der Waals surface area contributed by atoms with Crippen LogP contribution in [0.2, 0.25) is 0 Å². The molecule has 1 aromatic carbocycles. The molecule has 32 heavy (non-hydrogen) atoms. The molecule has 1 amide bonds. The van der Waals surface area contributed by atoms with Crippen LogP contribution in [0.25, 0.3) is 0 Å². The van der Waals surface area contributed by atoms with E-state index in [1.54, 1.807) is 0 Å². The van der Waals surface area contributed by atoms with Crippen molar-refractivity contribution in [2.75, 3.05) is 59.5 Å². The molecule has 3 rings (SSSR count). The number of guanidine groups is 1. The van der Waals surface area contributed by atoms with E-state index in [9.17, 15) is 4.79 Å². The Labute approximate surface area is 192 Å². The van der Waals surface area contributed by atoms with Crippen LogP contribution in [-0.2, 0) is 9.47 Å². The summed E-state index contributed by atoms with van der Waals surface area (Å²) >= 11 is 0. The Bertz CT molecular complexity index is 744. The molecule has 0 bridgehead atoms. The Morgan fingerprint density at radius 1 is 1.22 bits per heavy atom. The lowest BCUT2D eigenvalue weighted by molar-refractivity contribution is 0.0315. The zero-order valence-corrected chi connectivity index (χ0v) is 20.0. The van der Waals surface area contributed by atoms with Gasteiger partial charge in [0.05, 0.1) is 19.3 Å². The fourth-order valence-corrected chi connectivity index (χ4v) is 4.24. The molecule has 2 saturated heterocycles. The SMILES string of the molecule is CN=C(NCC(NC(=O)OC(C)(C)C)c1ccccc1)N1CCC(CN2CCOCC2)C1. The monoisotopic (exact) mass is 445 g/mol. The van der Waals surface area contributed by atoms with Gasteiger partial charge in [0.2, 0.25) is 0 Å². The number of aliphatic imine (C=N–C) groups is 1. The molecule has 2 unspecified atom stereocenters. The number of morpholine rings is 1. The molecule has 178 valence electrons. The van der Waals surface area contributed by atoms with Crippen molar-refractivity contribution in [2.45, 2.75) is 38.8 Å². The van der Waals surface area contributed by atoms with Crippen LogP contribution in [0.3, 0.4) is 0 Å². The second-order valence-corrected chi connectivity index (χ2v) is 9.55. The van der Waals surface area contributed by atoms with Crippen molar-refractivity contribution in [3.63, 3.8) is 0 Å². The summed E-state index contributed by atoms with van der Waals surface area (Å²) in [5, 5.41) is 6.48. The number of alkyl carbamates (subject to hydrolysis) is 1. The van der Waals surface area contributed by atoms with E-state index in [4.69, 9.17) is 9.47 Å². The molecule has 1 aromatic rings. The van der Waals surface area contributed by atoms with Gasteiger partial charge in [-0.3, -0.25) is 9.89 Å². The molecule has 2 fully saturated rings. The number of amides is 1. The third-order valence-electron chi connectivity index (χ3n) is 5.77. The van der Waals surface area contributed by atoms with Crippen molar-refractivity contribution in [1.29, 1.82) is 0 Å². The number of nitrogens with zero attached hydrogens (tertiary/aromatic N) is 3. The molecule has 8 nitrogen and oxygen atoms in total. The van der Waals surface area contributed by atoms with Crippen molar-refractivity contribution in [3.8, 4) is 0 Å². The molecule has 2 atom stereocenters. The fraction of sp³-hybridized carbons (Fsp3) is 0.667. The van der Waals surface area contributed by atoms with Gasteiger partial charge in [-0.15, -0.1) is 0 Å². The maximum absolute atomic E-state index is 12.4. The van der Waals surface area contributed by atoms with Gasteiger partial charge in [0.15, 0.2) is 5.96 Å². The summed E-state index contributed by atoms with van der Waals surface area (Å²) in [6.07, 6.45) is 0.742. The topological polar surface area (TPSA) is 78.4 Å². The van der Waals surface area contributed by atoms with Gasteiger partial charge in [0, 0.05) is 46.3 Å². The van der Waals surface area contributed by atoms with Crippen LogP contribution in [0.1, 0.15) is 38.8 Å². The molecular formula is C24H39N5O3. The quantitative estimate of drug-likeness (QED) is 0.517. The van der Waals surface area contributed by atoms with Gasteiger partial charge in [-0.1, -0.05) is 30.3 Å². The van der Waals surface area contributed by atoms with Gasteiger partial charge in [0.1, 0.15) is 5.60 Å². The van der Waals surface area contributed by atoms with Crippen LogP contribution in [0, 0.1) is 5.92 Å². The van der Waals surface area contributed by atoms with E-state index >= 15 is 0 Å². The van der Waals surface area contributed by atoms with Gasteiger partial charge >= 0.3 is 6.09 Å². The Balaban J connectivity index is 1.55. The molecule has 2 aliphatic rings. The zero-order valence-electron chi connectivity index (χ0n) is 20.0. The van der Waals surface area contributed by atoms with E-state index in [1.807, 2.05) is 58.2 Å². The first kappa shape index (κ1) is 24.3. The highest BCUT2D eigenvalue weighted by Gasteiger charge is 2.28. The summed E-state index contributed by atoms with van der Waals surface area (Å²) < 4.78 is 10.9. The lowest BCUT2D eigenvalue weighted by atomic mass is 10.1. The van der Waals surface area contributed by atoms with E-state index in [2.05, 4.69) is 25.4 Å². The summed E-state index contributed by atoms with van der Waals surface area (Å²) in [6.45, 7) is 13.0. The van der Waals surface area contributed by atoms with Gasteiger partial charge in [0.25, 0.3) is 0 Å². The number of hydrogen-bond donors (Lipinski definition) is 2. The Morgan fingerprint density at radius 3 is 2.59 bits per heavy atom. The van der Waals surface area contributed by atoms with Crippen molar-refractivity contribution >= 4 is 12.1 Å². The van der Waals surface area contributed by atoms with Crippen LogP contribution in [0.5, 0.6) is 0 Å². The summed E-state index contributed by atoms with van der Waals surface area (Å²) in [5.41, 5.74) is 0.479.